The number of primary amides is 1. The van der Waals surface area contributed by atoms with E-state index in [4.69, 9.17) is 10.2 Å². The fraction of sp³-hybridized carbons (Fsp3) is 0.174. The van der Waals surface area contributed by atoms with E-state index in [9.17, 15) is 9.90 Å². The van der Waals surface area contributed by atoms with Crippen molar-refractivity contribution in [1.29, 1.82) is 0 Å². The second-order valence-electron chi connectivity index (χ2n) is 7.36. The molecule has 4 aromatic rings. The van der Waals surface area contributed by atoms with Crippen molar-refractivity contribution in [3.05, 3.63) is 71.2 Å². The number of phenolic OH excluding ortho intramolecular Hbond substituents is 1. The molecule has 1 amide bonds. The third-order valence-electron chi connectivity index (χ3n) is 5.20. The topological polar surface area (TPSA) is 142 Å². The minimum Gasteiger partial charge on any atom is -0.507 e. The molecule has 0 fully saturated rings. The number of aryl methyl sites for hydroxylation is 1. The fourth-order valence-corrected chi connectivity index (χ4v) is 4.09. The summed E-state index contributed by atoms with van der Waals surface area (Å²) in [5.74, 6) is 1.14. The summed E-state index contributed by atoms with van der Waals surface area (Å²) in [4.78, 5) is 16.1. The molecule has 2 heterocycles. The zero-order valence-electron chi connectivity index (χ0n) is 17.9. The molecule has 0 spiro atoms. The third-order valence-corrected chi connectivity index (χ3v) is 6.02. The molecule has 0 aliphatic heterocycles. The first-order chi connectivity index (χ1) is 16.0. The number of nitrogens with two attached hydrogens (primary N) is 1. The summed E-state index contributed by atoms with van der Waals surface area (Å²) in [6.45, 7) is 2.43. The number of oxazole rings is 1. The highest BCUT2D eigenvalue weighted by atomic mass is 127. The lowest BCUT2D eigenvalue weighted by Gasteiger charge is -2.12. The number of carbonyl (C=O) groups excluding carboxylic acids is 1. The van der Waals surface area contributed by atoms with Crippen LogP contribution < -0.4 is 16.4 Å². The van der Waals surface area contributed by atoms with Crippen LogP contribution in [0.2, 0.25) is 0 Å². The largest absolute Gasteiger partial charge is 0.507 e. The van der Waals surface area contributed by atoms with Crippen molar-refractivity contribution in [2.24, 2.45) is 5.73 Å². The highest BCUT2D eigenvalue weighted by molar-refractivity contribution is 14.1. The molecule has 0 aliphatic carbocycles. The van der Waals surface area contributed by atoms with Gasteiger partial charge in [0.05, 0.1) is 6.20 Å². The van der Waals surface area contributed by atoms with E-state index < -0.39 is 5.91 Å². The summed E-state index contributed by atoms with van der Waals surface area (Å²) in [5, 5.41) is 23.7. The summed E-state index contributed by atoms with van der Waals surface area (Å²) < 4.78 is 6.00. The van der Waals surface area contributed by atoms with Crippen LogP contribution in [-0.4, -0.2) is 26.2 Å². The number of anilines is 3. The number of hydrogen-bond acceptors (Lipinski definition) is 7. The van der Waals surface area contributed by atoms with Crippen LogP contribution in [0.15, 0.2) is 53.4 Å². The molecule has 0 unspecified atom stereocenters. The number of aromatic nitrogens is 3. The summed E-state index contributed by atoms with van der Waals surface area (Å²) in [7, 11) is 0. The predicted molar refractivity (Wildman–Crippen MR) is 135 cm³/mol. The normalized spacial score (nSPS) is 10.8. The molecular formula is C23H23IN6O3. The summed E-state index contributed by atoms with van der Waals surface area (Å²) >= 11 is 2.23. The van der Waals surface area contributed by atoms with Gasteiger partial charge in [0.15, 0.2) is 18.0 Å². The number of carbonyl (C=O) groups is 1. The Balaban J connectivity index is 1.52. The van der Waals surface area contributed by atoms with Gasteiger partial charge in [-0.3, -0.25) is 9.89 Å². The Morgan fingerprint density at radius 2 is 2.00 bits per heavy atom. The molecule has 0 bridgehead atoms. The average molecular weight is 558 g/mol. The highest BCUT2D eigenvalue weighted by Crippen LogP contribution is 2.29. The average Bonchev–Trinajstić information content (AvgIpc) is 3.49. The predicted octanol–water partition coefficient (Wildman–Crippen LogP) is 4.72. The number of hydrogen-bond donors (Lipinski definition) is 5. The van der Waals surface area contributed by atoms with E-state index in [1.165, 1.54) is 6.39 Å². The molecule has 0 atom stereocenters. The van der Waals surface area contributed by atoms with Crippen molar-refractivity contribution in [3.63, 3.8) is 0 Å². The standard InChI is InChI=1S/C23H23IN6O3/c1-2-14-7-13(8-16(9-24)20(14)31)10-27-22-19(21(25)32)23(30-29-22)28-17-5-3-15(4-6-17)18-11-26-12-33-18/h3-8,11-12,31H,2,9-10H2,1H3,(H2,25,32)(H3,27,28,29,30). The lowest BCUT2D eigenvalue weighted by atomic mass is 10.0. The second kappa shape index (κ2) is 9.94. The van der Waals surface area contributed by atoms with Crippen molar-refractivity contribution in [2.45, 2.75) is 24.3 Å². The Morgan fingerprint density at radius 1 is 1.24 bits per heavy atom. The highest BCUT2D eigenvalue weighted by Gasteiger charge is 2.19. The quantitative estimate of drug-likeness (QED) is 0.148. The lowest BCUT2D eigenvalue weighted by Crippen LogP contribution is -2.15. The number of rotatable bonds is 9. The van der Waals surface area contributed by atoms with Crippen LogP contribution in [0.5, 0.6) is 5.75 Å². The Labute approximate surface area is 203 Å². The summed E-state index contributed by atoms with van der Waals surface area (Å²) in [5.41, 5.74) is 10.2. The molecule has 170 valence electrons. The zero-order chi connectivity index (χ0) is 23.4. The molecule has 4 rings (SSSR count). The molecule has 33 heavy (non-hydrogen) atoms. The van der Waals surface area contributed by atoms with Crippen molar-refractivity contribution in [1.82, 2.24) is 15.2 Å². The van der Waals surface area contributed by atoms with Gasteiger partial charge in [-0.1, -0.05) is 35.6 Å². The molecular weight excluding hydrogens is 535 g/mol. The van der Waals surface area contributed by atoms with Gasteiger partial charge in [0.1, 0.15) is 17.1 Å². The van der Waals surface area contributed by atoms with Gasteiger partial charge in [-0.2, -0.15) is 5.10 Å². The number of aromatic hydroxyl groups is 1. The zero-order valence-corrected chi connectivity index (χ0v) is 20.0. The third kappa shape index (κ3) is 4.95. The van der Waals surface area contributed by atoms with Gasteiger partial charge < -0.3 is 25.9 Å². The van der Waals surface area contributed by atoms with Crippen LogP contribution in [0.3, 0.4) is 0 Å². The van der Waals surface area contributed by atoms with Crippen molar-refractivity contribution in [2.75, 3.05) is 10.6 Å². The SMILES string of the molecule is CCc1cc(CNc2[nH]nc(Nc3ccc(-c4cnco4)cc3)c2C(N)=O)cc(CI)c1O. The van der Waals surface area contributed by atoms with E-state index >= 15 is 0 Å². The van der Waals surface area contributed by atoms with E-state index in [0.717, 1.165) is 34.4 Å². The summed E-state index contributed by atoms with van der Waals surface area (Å²) in [6.07, 6.45) is 3.74. The van der Waals surface area contributed by atoms with E-state index in [0.29, 0.717) is 34.1 Å². The van der Waals surface area contributed by atoms with Gasteiger partial charge in [0.25, 0.3) is 5.91 Å². The first-order valence-electron chi connectivity index (χ1n) is 10.3. The Morgan fingerprint density at radius 3 is 2.64 bits per heavy atom. The lowest BCUT2D eigenvalue weighted by molar-refractivity contribution is 0.100. The molecule has 0 aliphatic rings. The molecule has 0 radical (unpaired) electrons. The number of halogens is 1. The van der Waals surface area contributed by atoms with E-state index in [1.807, 2.05) is 43.3 Å². The van der Waals surface area contributed by atoms with Crippen LogP contribution in [-0.2, 0) is 17.4 Å². The molecule has 0 saturated heterocycles. The molecule has 10 heteroatoms. The molecule has 9 nitrogen and oxygen atoms in total. The first-order valence-corrected chi connectivity index (χ1v) is 11.8. The number of benzene rings is 2. The molecule has 6 N–H and O–H groups in total. The second-order valence-corrected chi connectivity index (χ2v) is 8.12. The smallest absolute Gasteiger partial charge is 0.256 e. The number of phenols is 1. The van der Waals surface area contributed by atoms with Gasteiger partial charge >= 0.3 is 0 Å². The maximum atomic E-state index is 12.2. The number of nitrogens with zero attached hydrogens (tertiary/aromatic N) is 2. The Bertz CT molecular complexity index is 1230. The van der Waals surface area contributed by atoms with Crippen LogP contribution in [0.25, 0.3) is 11.3 Å². The van der Waals surface area contributed by atoms with Crippen LogP contribution in [0.4, 0.5) is 17.3 Å². The number of amides is 1. The summed E-state index contributed by atoms with van der Waals surface area (Å²) in [6, 6.07) is 11.3. The van der Waals surface area contributed by atoms with Gasteiger partial charge in [-0.15, -0.1) is 0 Å². The number of nitrogens with one attached hydrogen (secondary N) is 3. The van der Waals surface area contributed by atoms with E-state index in [2.05, 4.69) is 48.4 Å². The van der Waals surface area contributed by atoms with Crippen LogP contribution >= 0.6 is 22.6 Å². The Kier molecular flexibility index (Phi) is 6.82. The minimum atomic E-state index is -0.611. The van der Waals surface area contributed by atoms with E-state index in [1.54, 1.807) is 6.20 Å². The number of alkyl halides is 1. The minimum absolute atomic E-state index is 0.234. The Hall–Kier alpha value is -3.54. The van der Waals surface area contributed by atoms with Crippen molar-refractivity contribution >= 4 is 45.8 Å². The fourth-order valence-electron chi connectivity index (χ4n) is 3.51. The van der Waals surface area contributed by atoms with Crippen molar-refractivity contribution < 1.29 is 14.3 Å². The maximum Gasteiger partial charge on any atom is 0.256 e. The van der Waals surface area contributed by atoms with Gasteiger partial charge in [-0.25, -0.2) is 4.98 Å². The molecule has 2 aromatic carbocycles. The number of aromatic amines is 1. The van der Waals surface area contributed by atoms with Crippen LogP contribution in [0, 0.1) is 0 Å². The van der Waals surface area contributed by atoms with E-state index in [-0.39, 0.29) is 5.56 Å². The molecule has 2 aromatic heterocycles. The van der Waals surface area contributed by atoms with Crippen LogP contribution in [0.1, 0.15) is 34.0 Å². The van der Waals surface area contributed by atoms with Crippen molar-refractivity contribution in [3.8, 4) is 17.1 Å². The molecule has 0 saturated carbocycles. The maximum absolute atomic E-state index is 12.2. The van der Waals surface area contributed by atoms with Gasteiger partial charge in [0, 0.05) is 27.8 Å². The number of H-pyrrole nitrogens is 1. The monoisotopic (exact) mass is 558 g/mol. The first kappa shape index (κ1) is 22.6. The van der Waals surface area contributed by atoms with Gasteiger partial charge in [0.2, 0.25) is 0 Å². The van der Waals surface area contributed by atoms with Gasteiger partial charge in [-0.05, 0) is 47.9 Å².